The topological polar surface area (TPSA) is 26.9 Å². The number of nitrogens with zero attached hydrogens (tertiary/aromatic N) is 2. The maximum atomic E-state index is 12.9. The van der Waals surface area contributed by atoms with E-state index in [4.69, 9.17) is 0 Å². The molecule has 0 spiro atoms. The van der Waals surface area contributed by atoms with Crippen molar-refractivity contribution in [1.82, 2.24) is 9.13 Å². The first-order valence-electron chi connectivity index (χ1n) is 12.1. The zero-order valence-corrected chi connectivity index (χ0v) is 19.5. The van der Waals surface area contributed by atoms with Gasteiger partial charge in [0.25, 0.3) is 0 Å². The van der Waals surface area contributed by atoms with E-state index >= 15 is 0 Å². The first-order chi connectivity index (χ1) is 17.8. The lowest BCUT2D eigenvalue weighted by molar-refractivity contribution is 0.103. The van der Waals surface area contributed by atoms with E-state index in [1.165, 1.54) is 27.2 Å². The Bertz CT molecular complexity index is 1880. The Labute approximate surface area is 208 Å². The quantitative estimate of drug-likeness (QED) is 0.244. The van der Waals surface area contributed by atoms with Gasteiger partial charge < -0.3 is 9.13 Å². The first-order valence-corrected chi connectivity index (χ1v) is 12.1. The number of para-hydroxylation sites is 2. The van der Waals surface area contributed by atoms with E-state index in [1.54, 1.807) is 0 Å². The highest BCUT2D eigenvalue weighted by Gasteiger charge is 2.18. The zero-order chi connectivity index (χ0) is 24.1. The van der Waals surface area contributed by atoms with Gasteiger partial charge in [0.1, 0.15) is 0 Å². The molecule has 0 radical (unpaired) electrons. The number of benzene rings is 5. The minimum atomic E-state index is 0.0334. The Hall–Kier alpha value is -4.89. The summed E-state index contributed by atoms with van der Waals surface area (Å²) in [5.74, 6) is 0.0334. The predicted molar refractivity (Wildman–Crippen MR) is 147 cm³/mol. The molecule has 7 aromatic rings. The van der Waals surface area contributed by atoms with Crippen LogP contribution in [-0.2, 0) is 0 Å². The molecule has 2 aromatic heterocycles. The summed E-state index contributed by atoms with van der Waals surface area (Å²) in [6.45, 7) is 0. The first kappa shape index (κ1) is 20.5. The molecule has 0 saturated carbocycles. The molecular formula is C33H22N2O. The molecule has 7 rings (SSSR count). The average molecular weight is 463 g/mol. The molecule has 0 N–H and O–H groups in total. The highest BCUT2D eigenvalue weighted by molar-refractivity contribution is 6.18. The minimum Gasteiger partial charge on any atom is -0.315 e. The molecule has 0 amide bonds. The third-order valence-electron chi connectivity index (χ3n) is 6.94. The number of fused-ring (bicyclic) bond motifs is 5. The van der Waals surface area contributed by atoms with Crippen molar-refractivity contribution in [3.63, 3.8) is 0 Å². The van der Waals surface area contributed by atoms with Crippen molar-refractivity contribution in [2.24, 2.45) is 0 Å². The van der Waals surface area contributed by atoms with Crippen LogP contribution in [0, 0.1) is 0 Å². The molecule has 2 heterocycles. The molecule has 0 atom stereocenters. The van der Waals surface area contributed by atoms with Gasteiger partial charge in [0.15, 0.2) is 5.78 Å². The summed E-state index contributed by atoms with van der Waals surface area (Å²) in [7, 11) is 0. The van der Waals surface area contributed by atoms with Gasteiger partial charge in [0, 0.05) is 44.9 Å². The summed E-state index contributed by atoms with van der Waals surface area (Å²) in [6.07, 6.45) is 2.12. The van der Waals surface area contributed by atoms with Crippen molar-refractivity contribution in [1.29, 1.82) is 0 Å². The fourth-order valence-electron chi connectivity index (χ4n) is 5.26. The van der Waals surface area contributed by atoms with Crippen LogP contribution in [0.1, 0.15) is 15.9 Å². The molecule has 0 aliphatic carbocycles. The third-order valence-corrected chi connectivity index (χ3v) is 6.94. The Kier molecular flexibility index (Phi) is 4.61. The highest BCUT2D eigenvalue weighted by Crippen LogP contribution is 2.37. The Morgan fingerprint density at radius 1 is 0.500 bits per heavy atom. The Morgan fingerprint density at radius 2 is 1.17 bits per heavy atom. The van der Waals surface area contributed by atoms with Crippen molar-refractivity contribution in [3.8, 4) is 11.4 Å². The van der Waals surface area contributed by atoms with Crippen molar-refractivity contribution in [3.05, 3.63) is 145 Å². The molecule has 36 heavy (non-hydrogen) atoms. The van der Waals surface area contributed by atoms with Gasteiger partial charge in [-0.3, -0.25) is 4.79 Å². The van der Waals surface area contributed by atoms with Crippen molar-refractivity contribution >= 4 is 38.5 Å². The second kappa shape index (κ2) is 8.10. The van der Waals surface area contributed by atoms with Crippen molar-refractivity contribution < 1.29 is 4.79 Å². The van der Waals surface area contributed by atoms with Crippen LogP contribution in [0.2, 0.25) is 0 Å². The van der Waals surface area contributed by atoms with E-state index in [-0.39, 0.29) is 5.78 Å². The molecule has 0 saturated heterocycles. The van der Waals surface area contributed by atoms with Crippen LogP contribution in [-0.4, -0.2) is 14.9 Å². The molecular weight excluding hydrogens is 440 g/mol. The smallest absolute Gasteiger partial charge is 0.193 e. The molecule has 0 bridgehead atoms. The van der Waals surface area contributed by atoms with E-state index < -0.39 is 0 Å². The van der Waals surface area contributed by atoms with Crippen molar-refractivity contribution in [2.75, 3.05) is 0 Å². The standard InChI is InChI=1S/C33H22N2O/c36-33(24-9-3-1-4-10-24)25-15-18-26(19-16-25)34-22-21-23-17-20-29-28-13-7-8-14-30(28)35(32(29)31(23)34)27-11-5-2-6-12-27/h1-22H. The van der Waals surface area contributed by atoms with Gasteiger partial charge in [-0.15, -0.1) is 0 Å². The summed E-state index contributed by atoms with van der Waals surface area (Å²) in [4.78, 5) is 12.9. The molecule has 3 nitrogen and oxygen atoms in total. The number of ketones is 1. The largest absolute Gasteiger partial charge is 0.315 e. The second-order valence-corrected chi connectivity index (χ2v) is 9.02. The average Bonchev–Trinajstić information content (AvgIpc) is 3.53. The minimum absolute atomic E-state index is 0.0334. The Morgan fingerprint density at radius 3 is 1.94 bits per heavy atom. The monoisotopic (exact) mass is 462 g/mol. The number of carbonyl (C=O) groups excluding carboxylic acids is 1. The van der Waals surface area contributed by atoms with Gasteiger partial charge in [-0.1, -0.05) is 78.9 Å². The van der Waals surface area contributed by atoms with E-state index in [9.17, 15) is 4.79 Å². The van der Waals surface area contributed by atoms with E-state index in [0.717, 1.165) is 16.9 Å². The zero-order valence-electron chi connectivity index (χ0n) is 19.5. The molecule has 5 aromatic carbocycles. The Balaban J connectivity index is 1.46. The molecule has 3 heteroatoms. The summed E-state index contributed by atoms with van der Waals surface area (Å²) >= 11 is 0. The van der Waals surface area contributed by atoms with E-state index in [2.05, 4.69) is 82.1 Å². The summed E-state index contributed by atoms with van der Waals surface area (Å²) in [5.41, 5.74) is 7.04. The van der Waals surface area contributed by atoms with E-state index in [0.29, 0.717) is 11.1 Å². The van der Waals surface area contributed by atoms with Gasteiger partial charge >= 0.3 is 0 Å². The summed E-state index contributed by atoms with van der Waals surface area (Å²) in [6, 6.07) is 43.0. The normalized spacial score (nSPS) is 11.4. The van der Waals surface area contributed by atoms with Gasteiger partial charge in [0.2, 0.25) is 0 Å². The van der Waals surface area contributed by atoms with Crippen LogP contribution >= 0.6 is 0 Å². The van der Waals surface area contributed by atoms with Crippen LogP contribution in [0.15, 0.2) is 134 Å². The lowest BCUT2D eigenvalue weighted by Crippen LogP contribution is -2.02. The molecule has 0 aliphatic rings. The maximum absolute atomic E-state index is 12.9. The highest BCUT2D eigenvalue weighted by atomic mass is 16.1. The number of rotatable bonds is 4. The fourth-order valence-corrected chi connectivity index (χ4v) is 5.26. The summed E-state index contributed by atoms with van der Waals surface area (Å²) in [5, 5.41) is 3.62. The SMILES string of the molecule is O=C(c1ccccc1)c1ccc(-n2ccc3ccc4c5ccccc5n(-c5ccccc5)c4c32)cc1. The van der Waals surface area contributed by atoms with Crippen molar-refractivity contribution in [2.45, 2.75) is 0 Å². The third kappa shape index (κ3) is 3.10. The number of carbonyl (C=O) groups is 1. The number of aromatic nitrogens is 2. The van der Waals surface area contributed by atoms with Crippen LogP contribution in [0.3, 0.4) is 0 Å². The summed E-state index contributed by atoms with van der Waals surface area (Å²) < 4.78 is 4.59. The van der Waals surface area contributed by atoms with Crippen LogP contribution in [0.5, 0.6) is 0 Å². The van der Waals surface area contributed by atoms with Crippen LogP contribution < -0.4 is 0 Å². The number of hydrogen-bond acceptors (Lipinski definition) is 1. The van der Waals surface area contributed by atoms with E-state index in [1.807, 2.05) is 60.7 Å². The predicted octanol–water partition coefficient (Wildman–Crippen LogP) is 7.96. The van der Waals surface area contributed by atoms with Gasteiger partial charge in [-0.2, -0.15) is 0 Å². The fraction of sp³-hybridized carbons (Fsp3) is 0. The van der Waals surface area contributed by atoms with Crippen LogP contribution in [0.4, 0.5) is 0 Å². The van der Waals surface area contributed by atoms with Crippen LogP contribution in [0.25, 0.3) is 44.1 Å². The maximum Gasteiger partial charge on any atom is 0.193 e. The lowest BCUT2D eigenvalue weighted by Gasteiger charge is -2.12. The lowest BCUT2D eigenvalue weighted by atomic mass is 10.0. The van der Waals surface area contributed by atoms with Gasteiger partial charge in [-0.25, -0.2) is 0 Å². The number of hydrogen-bond donors (Lipinski definition) is 0. The molecule has 170 valence electrons. The molecule has 0 unspecified atom stereocenters. The van der Waals surface area contributed by atoms with Gasteiger partial charge in [0.05, 0.1) is 16.6 Å². The second-order valence-electron chi connectivity index (χ2n) is 9.02. The molecule has 0 fully saturated rings. The molecule has 0 aliphatic heterocycles. The van der Waals surface area contributed by atoms with Gasteiger partial charge in [-0.05, 0) is 48.5 Å².